The first-order chi connectivity index (χ1) is 10.0. The topological polar surface area (TPSA) is 20.3 Å². The maximum atomic E-state index is 12.0. The average Bonchev–Trinajstić information content (AvgIpc) is 2.46. The van der Waals surface area contributed by atoms with E-state index >= 15 is 0 Å². The lowest BCUT2D eigenvalue weighted by Gasteiger charge is -2.31. The second kappa shape index (κ2) is 7.44. The van der Waals surface area contributed by atoms with Crippen LogP contribution in [0.15, 0.2) is 35.9 Å². The number of benzene rings is 1. The number of hydrogen-bond donors (Lipinski definition) is 0. The highest BCUT2D eigenvalue weighted by atomic mass is 16.2. The molecule has 0 aliphatic carbocycles. The molecule has 2 heteroatoms. The van der Waals surface area contributed by atoms with Crippen molar-refractivity contribution in [1.82, 2.24) is 4.90 Å². The zero-order chi connectivity index (χ0) is 15.2. The van der Waals surface area contributed by atoms with Gasteiger partial charge in [-0.3, -0.25) is 4.79 Å². The average molecular weight is 285 g/mol. The Morgan fingerprint density at radius 3 is 2.38 bits per heavy atom. The molecule has 1 fully saturated rings. The molecule has 1 saturated heterocycles. The summed E-state index contributed by atoms with van der Waals surface area (Å²) in [5, 5.41) is 0. The van der Waals surface area contributed by atoms with Crippen LogP contribution in [0.1, 0.15) is 44.2 Å². The minimum absolute atomic E-state index is 0.187. The van der Waals surface area contributed by atoms with Gasteiger partial charge in [0.05, 0.1) is 0 Å². The van der Waals surface area contributed by atoms with E-state index < -0.39 is 0 Å². The molecule has 0 atom stereocenters. The first-order valence-electron chi connectivity index (χ1n) is 8.04. The minimum atomic E-state index is 0.187. The van der Waals surface area contributed by atoms with Gasteiger partial charge in [-0.05, 0) is 57.9 Å². The van der Waals surface area contributed by atoms with Crippen LogP contribution in [0.3, 0.4) is 0 Å². The summed E-state index contributed by atoms with van der Waals surface area (Å²) in [6.45, 7) is 7.92. The lowest BCUT2D eigenvalue weighted by molar-refractivity contribution is -0.127. The minimum Gasteiger partial charge on any atom is -0.339 e. The quantitative estimate of drug-likeness (QED) is 0.762. The Balaban J connectivity index is 1.75. The SMILES string of the molecule is CC(C)=CC(=O)N1CCC(CCc2ccc(C)cc2)CC1. The van der Waals surface area contributed by atoms with Crippen molar-refractivity contribution in [3.8, 4) is 0 Å². The number of likely N-dealkylation sites (tertiary alicyclic amines) is 1. The third-order valence-electron chi connectivity index (χ3n) is 4.30. The molecule has 0 spiro atoms. The molecule has 0 saturated carbocycles. The molecule has 0 aromatic heterocycles. The highest BCUT2D eigenvalue weighted by Gasteiger charge is 2.21. The van der Waals surface area contributed by atoms with Crippen LogP contribution in [-0.4, -0.2) is 23.9 Å². The Labute approximate surface area is 128 Å². The third kappa shape index (κ3) is 5.04. The van der Waals surface area contributed by atoms with Gasteiger partial charge in [-0.2, -0.15) is 0 Å². The van der Waals surface area contributed by atoms with Gasteiger partial charge in [0.25, 0.3) is 0 Å². The van der Waals surface area contributed by atoms with E-state index in [4.69, 9.17) is 0 Å². The number of amides is 1. The molecule has 1 heterocycles. The van der Waals surface area contributed by atoms with Crippen LogP contribution in [-0.2, 0) is 11.2 Å². The summed E-state index contributed by atoms with van der Waals surface area (Å²) >= 11 is 0. The van der Waals surface area contributed by atoms with Crippen molar-refractivity contribution in [3.05, 3.63) is 47.0 Å². The highest BCUT2D eigenvalue weighted by Crippen LogP contribution is 2.23. The number of hydrogen-bond acceptors (Lipinski definition) is 1. The summed E-state index contributed by atoms with van der Waals surface area (Å²) in [5.74, 6) is 0.953. The molecule has 114 valence electrons. The van der Waals surface area contributed by atoms with Crippen molar-refractivity contribution in [2.24, 2.45) is 5.92 Å². The fourth-order valence-electron chi connectivity index (χ4n) is 2.91. The van der Waals surface area contributed by atoms with Crippen molar-refractivity contribution in [2.45, 2.75) is 46.5 Å². The molecule has 1 aromatic carbocycles. The number of nitrogens with zero attached hydrogens (tertiary/aromatic N) is 1. The molecule has 1 amide bonds. The number of allylic oxidation sites excluding steroid dienone is 1. The van der Waals surface area contributed by atoms with Gasteiger partial charge in [0.2, 0.25) is 5.91 Å². The van der Waals surface area contributed by atoms with Crippen LogP contribution in [0.5, 0.6) is 0 Å². The number of aryl methyl sites for hydroxylation is 2. The highest BCUT2D eigenvalue weighted by molar-refractivity contribution is 5.88. The summed E-state index contributed by atoms with van der Waals surface area (Å²) in [4.78, 5) is 14.0. The van der Waals surface area contributed by atoms with E-state index in [1.54, 1.807) is 6.08 Å². The van der Waals surface area contributed by atoms with E-state index in [-0.39, 0.29) is 5.91 Å². The molecule has 1 aromatic rings. The number of carbonyl (C=O) groups excluding carboxylic acids is 1. The Morgan fingerprint density at radius 1 is 1.19 bits per heavy atom. The van der Waals surface area contributed by atoms with Crippen LogP contribution in [0.4, 0.5) is 0 Å². The van der Waals surface area contributed by atoms with E-state index in [0.717, 1.165) is 43.8 Å². The van der Waals surface area contributed by atoms with Gasteiger partial charge in [-0.25, -0.2) is 0 Å². The van der Waals surface area contributed by atoms with Gasteiger partial charge in [-0.15, -0.1) is 0 Å². The van der Waals surface area contributed by atoms with E-state index in [9.17, 15) is 4.79 Å². The van der Waals surface area contributed by atoms with E-state index in [2.05, 4.69) is 31.2 Å². The van der Waals surface area contributed by atoms with E-state index in [0.29, 0.717) is 0 Å². The standard InChI is InChI=1S/C19H27NO/c1-15(2)14-19(21)20-12-10-18(11-13-20)9-8-17-6-4-16(3)5-7-17/h4-7,14,18H,8-13H2,1-3H3. The third-order valence-corrected chi connectivity index (χ3v) is 4.30. The molecule has 1 aliphatic heterocycles. The Bertz CT molecular complexity index is 489. The van der Waals surface area contributed by atoms with E-state index in [1.165, 1.54) is 17.5 Å². The Morgan fingerprint density at radius 2 is 1.81 bits per heavy atom. The smallest absolute Gasteiger partial charge is 0.246 e. The van der Waals surface area contributed by atoms with Crippen molar-refractivity contribution in [1.29, 1.82) is 0 Å². The monoisotopic (exact) mass is 285 g/mol. The molecule has 0 unspecified atom stereocenters. The summed E-state index contributed by atoms with van der Waals surface area (Å²) in [7, 11) is 0. The summed E-state index contributed by atoms with van der Waals surface area (Å²) in [6.07, 6.45) is 6.45. The molecular weight excluding hydrogens is 258 g/mol. The van der Waals surface area contributed by atoms with Crippen LogP contribution < -0.4 is 0 Å². The zero-order valence-corrected chi connectivity index (χ0v) is 13.6. The maximum absolute atomic E-state index is 12.0. The number of carbonyl (C=O) groups is 1. The normalized spacial score (nSPS) is 15.9. The molecule has 1 aliphatic rings. The predicted octanol–water partition coefficient (Wildman–Crippen LogP) is 4.13. The van der Waals surface area contributed by atoms with Gasteiger partial charge >= 0.3 is 0 Å². The fraction of sp³-hybridized carbons (Fsp3) is 0.526. The lowest BCUT2D eigenvalue weighted by atomic mass is 9.90. The molecular formula is C19H27NO. The maximum Gasteiger partial charge on any atom is 0.246 e. The molecule has 0 N–H and O–H groups in total. The molecule has 0 bridgehead atoms. The van der Waals surface area contributed by atoms with Crippen molar-refractivity contribution >= 4 is 5.91 Å². The summed E-state index contributed by atoms with van der Waals surface area (Å²) in [6, 6.07) is 8.86. The van der Waals surface area contributed by atoms with E-state index in [1.807, 2.05) is 18.7 Å². The van der Waals surface area contributed by atoms with Crippen LogP contribution in [0.2, 0.25) is 0 Å². The zero-order valence-electron chi connectivity index (χ0n) is 13.6. The molecule has 2 nitrogen and oxygen atoms in total. The van der Waals surface area contributed by atoms with Crippen LogP contribution in [0.25, 0.3) is 0 Å². The van der Waals surface area contributed by atoms with Crippen molar-refractivity contribution in [2.75, 3.05) is 13.1 Å². The van der Waals surface area contributed by atoms with Crippen molar-refractivity contribution in [3.63, 3.8) is 0 Å². The van der Waals surface area contributed by atoms with Gasteiger partial charge in [0, 0.05) is 19.2 Å². The lowest BCUT2D eigenvalue weighted by Crippen LogP contribution is -2.37. The fourth-order valence-corrected chi connectivity index (χ4v) is 2.91. The van der Waals surface area contributed by atoms with Gasteiger partial charge in [0.1, 0.15) is 0 Å². The largest absolute Gasteiger partial charge is 0.339 e. The first kappa shape index (κ1) is 15.8. The predicted molar refractivity (Wildman–Crippen MR) is 88.2 cm³/mol. The Hall–Kier alpha value is -1.57. The second-order valence-electron chi connectivity index (χ2n) is 6.51. The molecule has 21 heavy (non-hydrogen) atoms. The second-order valence-corrected chi connectivity index (χ2v) is 6.51. The van der Waals surface area contributed by atoms with Gasteiger partial charge in [-0.1, -0.05) is 35.4 Å². The molecule has 2 rings (SSSR count). The number of rotatable bonds is 4. The molecule has 0 radical (unpaired) electrons. The number of piperidine rings is 1. The van der Waals surface area contributed by atoms with Crippen LogP contribution >= 0.6 is 0 Å². The summed E-state index contributed by atoms with van der Waals surface area (Å²) in [5.41, 5.74) is 3.84. The van der Waals surface area contributed by atoms with Crippen molar-refractivity contribution < 1.29 is 4.79 Å². The van der Waals surface area contributed by atoms with Crippen LogP contribution in [0, 0.1) is 12.8 Å². The Kier molecular flexibility index (Phi) is 5.60. The first-order valence-corrected chi connectivity index (χ1v) is 8.04. The summed E-state index contributed by atoms with van der Waals surface area (Å²) < 4.78 is 0. The van der Waals surface area contributed by atoms with Gasteiger partial charge < -0.3 is 4.90 Å². The van der Waals surface area contributed by atoms with Gasteiger partial charge in [0.15, 0.2) is 0 Å².